The second kappa shape index (κ2) is 5.71. The fourth-order valence-corrected chi connectivity index (χ4v) is 3.10. The first-order valence-electron chi connectivity index (χ1n) is 6.12. The molecule has 3 rings (SSSR count). The largest absolute Gasteiger partial charge is 0.393 e. The van der Waals surface area contributed by atoms with Crippen LogP contribution in [0.4, 0.5) is 0 Å². The first kappa shape index (κ1) is 14.4. The van der Waals surface area contributed by atoms with Crippen molar-refractivity contribution in [3.63, 3.8) is 0 Å². The maximum Gasteiger partial charge on any atom is 0.153 e. The lowest BCUT2D eigenvalue weighted by atomic mass is 10.3. The van der Waals surface area contributed by atoms with Gasteiger partial charge in [0.2, 0.25) is 0 Å². The van der Waals surface area contributed by atoms with Crippen molar-refractivity contribution in [3.8, 4) is 5.82 Å². The molecular weight excluding hydrogens is 372 g/mol. The van der Waals surface area contributed by atoms with Gasteiger partial charge in [0.15, 0.2) is 5.82 Å². The lowest BCUT2D eigenvalue weighted by Gasteiger charge is -2.10. The van der Waals surface area contributed by atoms with Crippen molar-refractivity contribution in [3.05, 3.63) is 51.8 Å². The Bertz CT molecular complexity index is 846. The predicted octanol–water partition coefficient (Wildman–Crippen LogP) is 3.67. The van der Waals surface area contributed by atoms with E-state index in [9.17, 15) is 0 Å². The van der Waals surface area contributed by atoms with Crippen LogP contribution in [0.15, 0.2) is 41.0 Å². The SMILES string of the molecule is NC(=S)Cc1nc2ccccc2n1-c1ncc(Cl)cc1Br. The van der Waals surface area contributed by atoms with E-state index in [1.165, 1.54) is 0 Å². The van der Waals surface area contributed by atoms with E-state index < -0.39 is 0 Å². The summed E-state index contributed by atoms with van der Waals surface area (Å²) in [5, 5.41) is 0.561. The number of imidazole rings is 1. The molecular formula is C14H10BrClN4S. The van der Waals surface area contributed by atoms with Crippen LogP contribution in [0.3, 0.4) is 0 Å². The van der Waals surface area contributed by atoms with Gasteiger partial charge >= 0.3 is 0 Å². The topological polar surface area (TPSA) is 56.7 Å². The molecule has 1 aromatic carbocycles. The number of fused-ring (bicyclic) bond motifs is 1. The van der Waals surface area contributed by atoms with Crippen molar-refractivity contribution in [2.45, 2.75) is 6.42 Å². The van der Waals surface area contributed by atoms with Gasteiger partial charge in [0.25, 0.3) is 0 Å². The number of nitrogens with zero attached hydrogens (tertiary/aromatic N) is 3. The minimum atomic E-state index is 0.386. The number of nitrogens with two attached hydrogens (primary N) is 1. The quantitative estimate of drug-likeness (QED) is 0.703. The van der Waals surface area contributed by atoms with E-state index >= 15 is 0 Å². The summed E-state index contributed by atoms with van der Waals surface area (Å²) >= 11 is 14.5. The Kier molecular flexibility index (Phi) is 3.93. The molecule has 0 fully saturated rings. The minimum absolute atomic E-state index is 0.386. The average Bonchev–Trinajstić information content (AvgIpc) is 2.76. The van der Waals surface area contributed by atoms with Crippen LogP contribution in [0, 0.1) is 0 Å². The smallest absolute Gasteiger partial charge is 0.153 e. The van der Waals surface area contributed by atoms with Gasteiger partial charge in [0.1, 0.15) is 5.82 Å². The Morgan fingerprint density at radius 3 is 2.86 bits per heavy atom. The number of halogens is 2. The van der Waals surface area contributed by atoms with E-state index in [0.29, 0.717) is 22.2 Å². The summed E-state index contributed by atoms with van der Waals surface area (Å²) in [5.74, 6) is 1.46. The molecule has 0 aliphatic carbocycles. The monoisotopic (exact) mass is 380 g/mol. The summed E-state index contributed by atoms with van der Waals surface area (Å²) in [6.07, 6.45) is 2.00. The number of hydrogen-bond acceptors (Lipinski definition) is 3. The minimum Gasteiger partial charge on any atom is -0.393 e. The van der Waals surface area contributed by atoms with E-state index in [4.69, 9.17) is 29.6 Å². The molecule has 2 aromatic heterocycles. The van der Waals surface area contributed by atoms with Crippen molar-refractivity contribution >= 4 is 55.8 Å². The maximum absolute atomic E-state index is 5.96. The predicted molar refractivity (Wildman–Crippen MR) is 92.1 cm³/mol. The zero-order valence-corrected chi connectivity index (χ0v) is 13.9. The number of rotatable bonds is 3. The zero-order chi connectivity index (χ0) is 15.0. The number of benzene rings is 1. The van der Waals surface area contributed by atoms with E-state index in [1.54, 1.807) is 12.3 Å². The van der Waals surface area contributed by atoms with Gasteiger partial charge < -0.3 is 5.73 Å². The highest BCUT2D eigenvalue weighted by Gasteiger charge is 2.16. The van der Waals surface area contributed by atoms with Gasteiger partial charge in [0.05, 0.1) is 31.9 Å². The number of hydrogen-bond donors (Lipinski definition) is 1. The number of para-hydroxylation sites is 2. The van der Waals surface area contributed by atoms with Crippen LogP contribution in [0.1, 0.15) is 5.82 Å². The third-order valence-corrected chi connectivity index (χ3v) is 3.90. The molecule has 0 amide bonds. The lowest BCUT2D eigenvalue weighted by Crippen LogP contribution is -2.15. The second-order valence-electron chi connectivity index (χ2n) is 4.45. The van der Waals surface area contributed by atoms with Crippen LogP contribution in [0.25, 0.3) is 16.9 Å². The molecule has 4 nitrogen and oxygen atoms in total. The first-order valence-corrected chi connectivity index (χ1v) is 7.70. The molecule has 0 saturated carbocycles. The second-order valence-corrected chi connectivity index (χ2v) is 6.27. The average molecular weight is 382 g/mol. The van der Waals surface area contributed by atoms with Crippen molar-refractivity contribution in [1.29, 1.82) is 0 Å². The van der Waals surface area contributed by atoms with Crippen LogP contribution in [-0.2, 0) is 6.42 Å². The molecule has 0 aliphatic heterocycles. The van der Waals surface area contributed by atoms with Gasteiger partial charge in [-0.25, -0.2) is 9.97 Å². The van der Waals surface area contributed by atoms with Gasteiger partial charge in [0, 0.05) is 6.20 Å². The molecule has 0 radical (unpaired) electrons. The highest BCUT2D eigenvalue weighted by molar-refractivity contribution is 9.10. The van der Waals surface area contributed by atoms with E-state index in [1.807, 2.05) is 28.8 Å². The van der Waals surface area contributed by atoms with Crippen molar-refractivity contribution in [2.24, 2.45) is 5.73 Å². The molecule has 0 saturated heterocycles. The van der Waals surface area contributed by atoms with Crippen LogP contribution >= 0.6 is 39.7 Å². The maximum atomic E-state index is 5.96. The van der Waals surface area contributed by atoms with Crippen molar-refractivity contribution in [1.82, 2.24) is 14.5 Å². The number of thiocarbonyl (C=S) groups is 1. The third kappa shape index (κ3) is 2.79. The van der Waals surface area contributed by atoms with Crippen LogP contribution in [0.2, 0.25) is 5.02 Å². The Labute approximate surface area is 140 Å². The van der Waals surface area contributed by atoms with Crippen LogP contribution in [0.5, 0.6) is 0 Å². The number of pyridine rings is 1. The zero-order valence-electron chi connectivity index (χ0n) is 10.8. The fraction of sp³-hybridized carbons (Fsp3) is 0.0714. The summed E-state index contributed by atoms with van der Waals surface area (Å²) in [4.78, 5) is 9.38. The van der Waals surface area contributed by atoms with Gasteiger partial charge in [-0.3, -0.25) is 4.57 Å². The Morgan fingerprint density at radius 1 is 1.38 bits per heavy atom. The van der Waals surface area contributed by atoms with Crippen LogP contribution in [-0.4, -0.2) is 19.5 Å². The molecule has 2 N–H and O–H groups in total. The Balaban J connectivity index is 2.30. The van der Waals surface area contributed by atoms with Crippen molar-refractivity contribution < 1.29 is 0 Å². The molecule has 106 valence electrons. The summed E-state index contributed by atoms with van der Waals surface area (Å²) < 4.78 is 2.72. The summed E-state index contributed by atoms with van der Waals surface area (Å²) in [7, 11) is 0. The van der Waals surface area contributed by atoms with Gasteiger partial charge in [-0.1, -0.05) is 36.0 Å². The summed E-state index contributed by atoms with van der Waals surface area (Å²) in [6, 6.07) is 9.61. The van der Waals surface area contributed by atoms with E-state index in [2.05, 4.69) is 25.9 Å². The summed E-state index contributed by atoms with van der Waals surface area (Å²) in [5.41, 5.74) is 7.49. The van der Waals surface area contributed by atoms with E-state index in [-0.39, 0.29) is 0 Å². The molecule has 0 atom stereocenters. The molecule has 0 bridgehead atoms. The molecule has 2 heterocycles. The van der Waals surface area contributed by atoms with E-state index in [0.717, 1.165) is 21.3 Å². The molecule has 0 unspecified atom stereocenters. The molecule has 0 aliphatic rings. The van der Waals surface area contributed by atoms with Gasteiger partial charge in [-0.2, -0.15) is 0 Å². The van der Waals surface area contributed by atoms with Gasteiger partial charge in [-0.05, 0) is 34.1 Å². The lowest BCUT2D eigenvalue weighted by molar-refractivity contribution is 0.926. The molecule has 0 spiro atoms. The fourth-order valence-electron chi connectivity index (χ4n) is 2.16. The molecule has 21 heavy (non-hydrogen) atoms. The standard InChI is InChI=1S/C14H10BrClN4S/c15-9-5-8(16)7-18-14(9)20-11-4-2-1-3-10(11)19-13(20)6-12(17)21/h1-5,7H,6H2,(H2,17,21). The summed E-state index contributed by atoms with van der Waals surface area (Å²) in [6.45, 7) is 0. The molecule has 7 heteroatoms. The first-order chi connectivity index (χ1) is 10.1. The van der Waals surface area contributed by atoms with Gasteiger partial charge in [-0.15, -0.1) is 0 Å². The number of aromatic nitrogens is 3. The normalized spacial score (nSPS) is 11.0. The Hall–Kier alpha value is -1.50. The Morgan fingerprint density at radius 2 is 2.14 bits per heavy atom. The van der Waals surface area contributed by atoms with Crippen molar-refractivity contribution in [2.75, 3.05) is 0 Å². The van der Waals surface area contributed by atoms with Crippen LogP contribution < -0.4 is 5.73 Å². The molecule has 3 aromatic rings. The third-order valence-electron chi connectivity index (χ3n) is 2.96. The highest BCUT2D eigenvalue weighted by Crippen LogP contribution is 2.27. The highest BCUT2D eigenvalue weighted by atomic mass is 79.9.